The number of nitrogens with zero attached hydrogens (tertiary/aromatic N) is 8. The average Bonchev–Trinajstić information content (AvgIpc) is 2.97. The molecular weight excluding hydrogens is 521 g/mol. The van der Waals surface area contributed by atoms with Crippen LogP contribution in [-0.2, 0) is 4.74 Å². The van der Waals surface area contributed by atoms with Gasteiger partial charge in [-0.3, -0.25) is 9.88 Å². The number of anilines is 3. The standard InChI is InChI=1S/C30H38FN9O/c1-20-14-28(36-30(35-20)39-9-7-26(33)25(31)19-39)38-12-10-37(11-13-38)17-23-18-40(16-21(2)41-23)27-6-5-22(15-32)29-24(27)4-3-8-34-29/h3-6,8,14,21,23,25-26H,7,9-13,16-19,33H2,1-2H3/t21-,23+,25-,26-/m1/s1. The van der Waals surface area contributed by atoms with Gasteiger partial charge in [0.2, 0.25) is 5.95 Å². The predicted octanol–water partition coefficient (Wildman–Crippen LogP) is 2.50. The average molecular weight is 560 g/mol. The predicted molar refractivity (Wildman–Crippen MR) is 158 cm³/mol. The lowest BCUT2D eigenvalue weighted by Crippen LogP contribution is -2.54. The fourth-order valence-corrected chi connectivity index (χ4v) is 6.26. The van der Waals surface area contributed by atoms with Crippen LogP contribution in [0, 0.1) is 18.3 Å². The zero-order chi connectivity index (χ0) is 28.5. The molecule has 0 bridgehead atoms. The summed E-state index contributed by atoms with van der Waals surface area (Å²) in [7, 11) is 0. The maximum atomic E-state index is 14.3. The lowest BCUT2D eigenvalue weighted by Gasteiger charge is -2.42. The number of nitrogens with two attached hydrogens (primary N) is 1. The summed E-state index contributed by atoms with van der Waals surface area (Å²) in [6.07, 6.45) is 1.44. The van der Waals surface area contributed by atoms with E-state index in [1.807, 2.05) is 42.2 Å². The van der Waals surface area contributed by atoms with Crippen LogP contribution in [0.5, 0.6) is 0 Å². The number of hydrogen-bond acceptors (Lipinski definition) is 10. The monoisotopic (exact) mass is 559 g/mol. The van der Waals surface area contributed by atoms with E-state index < -0.39 is 12.2 Å². The summed E-state index contributed by atoms with van der Waals surface area (Å²) in [5.41, 5.74) is 9.20. The van der Waals surface area contributed by atoms with Crippen LogP contribution in [0.25, 0.3) is 10.9 Å². The third kappa shape index (κ3) is 5.91. The quantitative estimate of drug-likeness (QED) is 0.501. The van der Waals surface area contributed by atoms with E-state index in [1.54, 1.807) is 6.20 Å². The summed E-state index contributed by atoms with van der Waals surface area (Å²) in [4.78, 5) is 23.0. The SMILES string of the molecule is Cc1cc(N2CCN(C[C@H]3CN(c4ccc(C#N)c5ncccc45)C[C@@H](C)O3)CC2)nc(N2CC[C@@H](N)[C@H](F)C2)n1. The molecule has 3 fully saturated rings. The fourth-order valence-electron chi connectivity index (χ4n) is 6.26. The minimum atomic E-state index is -1.06. The molecule has 0 saturated carbocycles. The molecule has 216 valence electrons. The maximum absolute atomic E-state index is 14.3. The summed E-state index contributed by atoms with van der Waals surface area (Å²) in [6, 6.07) is 11.8. The second-order valence-corrected chi connectivity index (χ2v) is 11.5. The number of hydrogen-bond donors (Lipinski definition) is 1. The number of morpholine rings is 1. The zero-order valence-corrected chi connectivity index (χ0v) is 23.8. The van der Waals surface area contributed by atoms with Crippen LogP contribution in [0.3, 0.4) is 0 Å². The number of halogens is 1. The Labute approximate surface area is 240 Å². The molecule has 2 aromatic heterocycles. The molecule has 0 radical (unpaired) electrons. The summed E-state index contributed by atoms with van der Waals surface area (Å²) in [6.45, 7) is 10.9. The van der Waals surface area contributed by atoms with Crippen LogP contribution >= 0.6 is 0 Å². The van der Waals surface area contributed by atoms with Crippen molar-refractivity contribution in [2.75, 3.05) is 73.6 Å². The van der Waals surface area contributed by atoms with Gasteiger partial charge in [0.15, 0.2) is 0 Å². The molecule has 41 heavy (non-hydrogen) atoms. The van der Waals surface area contributed by atoms with Crippen molar-refractivity contribution in [2.45, 2.75) is 44.7 Å². The summed E-state index contributed by atoms with van der Waals surface area (Å²) in [5.74, 6) is 1.49. The minimum absolute atomic E-state index is 0.0691. The molecule has 0 unspecified atom stereocenters. The first-order valence-electron chi connectivity index (χ1n) is 14.5. The molecule has 3 aromatic rings. The van der Waals surface area contributed by atoms with Crippen LogP contribution in [0.15, 0.2) is 36.5 Å². The van der Waals surface area contributed by atoms with Crippen LogP contribution in [-0.4, -0.2) is 103 Å². The van der Waals surface area contributed by atoms with E-state index >= 15 is 0 Å². The summed E-state index contributed by atoms with van der Waals surface area (Å²) in [5, 5.41) is 10.5. The third-order valence-electron chi connectivity index (χ3n) is 8.40. The first-order valence-corrected chi connectivity index (χ1v) is 14.5. The number of nitriles is 1. The van der Waals surface area contributed by atoms with Gasteiger partial charge in [0.1, 0.15) is 18.1 Å². The highest BCUT2D eigenvalue weighted by Gasteiger charge is 2.31. The van der Waals surface area contributed by atoms with Gasteiger partial charge in [-0.05, 0) is 44.5 Å². The van der Waals surface area contributed by atoms with Crippen LogP contribution < -0.4 is 20.4 Å². The number of benzene rings is 1. The number of ether oxygens (including phenoxy) is 1. The molecule has 5 heterocycles. The van der Waals surface area contributed by atoms with Crippen molar-refractivity contribution in [1.82, 2.24) is 19.9 Å². The van der Waals surface area contributed by atoms with Gasteiger partial charge in [0.25, 0.3) is 0 Å². The second kappa shape index (κ2) is 11.7. The van der Waals surface area contributed by atoms with Crippen molar-refractivity contribution in [3.8, 4) is 6.07 Å². The van der Waals surface area contributed by atoms with E-state index in [9.17, 15) is 9.65 Å². The van der Waals surface area contributed by atoms with E-state index in [0.29, 0.717) is 24.5 Å². The maximum Gasteiger partial charge on any atom is 0.227 e. The second-order valence-electron chi connectivity index (χ2n) is 11.5. The fraction of sp³-hybridized carbons (Fsp3) is 0.533. The zero-order valence-electron chi connectivity index (χ0n) is 23.8. The van der Waals surface area contributed by atoms with Crippen molar-refractivity contribution >= 4 is 28.4 Å². The van der Waals surface area contributed by atoms with Crippen molar-refractivity contribution in [3.05, 3.63) is 47.8 Å². The minimum Gasteiger partial charge on any atom is -0.370 e. The Morgan fingerprint density at radius 2 is 1.88 bits per heavy atom. The van der Waals surface area contributed by atoms with Crippen LogP contribution in [0.2, 0.25) is 0 Å². The van der Waals surface area contributed by atoms with Gasteiger partial charge in [0, 0.05) is 87.4 Å². The van der Waals surface area contributed by atoms with Gasteiger partial charge in [-0.15, -0.1) is 0 Å². The highest BCUT2D eigenvalue weighted by Crippen LogP contribution is 2.30. The van der Waals surface area contributed by atoms with E-state index in [-0.39, 0.29) is 18.8 Å². The molecular formula is C30H38FN9O. The number of pyridine rings is 1. The van der Waals surface area contributed by atoms with Crippen molar-refractivity contribution < 1.29 is 9.13 Å². The number of fused-ring (bicyclic) bond motifs is 1. The van der Waals surface area contributed by atoms with Gasteiger partial charge in [0.05, 0.1) is 29.8 Å². The Kier molecular flexibility index (Phi) is 7.88. The number of piperazine rings is 1. The Morgan fingerprint density at radius 3 is 2.66 bits per heavy atom. The number of aromatic nitrogens is 3. The molecule has 0 amide bonds. The Morgan fingerprint density at radius 1 is 1.05 bits per heavy atom. The first-order chi connectivity index (χ1) is 19.9. The molecule has 2 N–H and O–H groups in total. The van der Waals surface area contributed by atoms with Gasteiger partial charge in [-0.1, -0.05) is 0 Å². The number of aryl methyl sites for hydroxylation is 1. The highest BCUT2D eigenvalue weighted by molar-refractivity contribution is 5.95. The Balaban J connectivity index is 1.09. The Hall–Kier alpha value is -3.59. The molecule has 3 aliphatic heterocycles. The summed E-state index contributed by atoms with van der Waals surface area (Å²) >= 11 is 0. The summed E-state index contributed by atoms with van der Waals surface area (Å²) < 4.78 is 20.7. The van der Waals surface area contributed by atoms with Crippen LogP contribution in [0.1, 0.15) is 24.6 Å². The molecule has 1 aromatic carbocycles. The lowest BCUT2D eigenvalue weighted by atomic mass is 10.0. The number of rotatable bonds is 5. The largest absolute Gasteiger partial charge is 0.370 e. The van der Waals surface area contributed by atoms with Crippen molar-refractivity contribution in [3.63, 3.8) is 0 Å². The Bertz CT molecular complexity index is 1420. The van der Waals surface area contributed by atoms with Gasteiger partial charge >= 0.3 is 0 Å². The molecule has 0 spiro atoms. The lowest BCUT2D eigenvalue weighted by molar-refractivity contribution is -0.0327. The van der Waals surface area contributed by atoms with Crippen molar-refractivity contribution in [2.24, 2.45) is 5.73 Å². The molecule has 3 aliphatic rings. The number of alkyl halides is 1. The molecule has 11 heteroatoms. The molecule has 3 saturated heterocycles. The topological polar surface area (TPSA) is 111 Å². The van der Waals surface area contributed by atoms with E-state index in [1.165, 1.54) is 0 Å². The van der Waals surface area contributed by atoms with Crippen molar-refractivity contribution in [1.29, 1.82) is 5.26 Å². The van der Waals surface area contributed by atoms with E-state index in [0.717, 1.165) is 73.9 Å². The normalized spacial score (nSPS) is 25.9. The third-order valence-corrected chi connectivity index (χ3v) is 8.40. The van der Waals surface area contributed by atoms with E-state index in [4.69, 9.17) is 15.5 Å². The first kappa shape index (κ1) is 27.6. The van der Waals surface area contributed by atoms with E-state index in [2.05, 4.69) is 37.7 Å². The van der Waals surface area contributed by atoms with Crippen LogP contribution in [0.4, 0.5) is 21.8 Å². The van der Waals surface area contributed by atoms with Gasteiger partial charge in [-0.25, -0.2) is 9.37 Å². The molecule has 0 aliphatic carbocycles. The highest BCUT2D eigenvalue weighted by atomic mass is 19.1. The number of piperidine rings is 1. The smallest absolute Gasteiger partial charge is 0.227 e. The van der Waals surface area contributed by atoms with Gasteiger partial charge in [-0.2, -0.15) is 10.2 Å². The molecule has 6 rings (SSSR count). The van der Waals surface area contributed by atoms with Gasteiger partial charge < -0.3 is 25.2 Å². The molecule has 10 nitrogen and oxygen atoms in total. The molecule has 4 atom stereocenters.